The summed E-state index contributed by atoms with van der Waals surface area (Å²) in [5.41, 5.74) is 2.22. The molecule has 0 amide bonds. The lowest BCUT2D eigenvalue weighted by molar-refractivity contribution is 0.111. The molecule has 2 aromatic rings. The third-order valence-corrected chi connectivity index (χ3v) is 2.68. The van der Waals surface area contributed by atoms with E-state index in [9.17, 15) is 9.18 Å². The first-order valence-electron chi connectivity index (χ1n) is 6.12. The van der Waals surface area contributed by atoms with Crippen molar-refractivity contribution < 1.29 is 13.9 Å². The highest BCUT2D eigenvalue weighted by molar-refractivity contribution is 5.83. The molecule has 0 N–H and O–H groups in total. The summed E-state index contributed by atoms with van der Waals surface area (Å²) in [5, 5.41) is 0. The Balaban J connectivity index is 2.38. The van der Waals surface area contributed by atoms with Crippen molar-refractivity contribution in [1.29, 1.82) is 0 Å². The summed E-state index contributed by atoms with van der Waals surface area (Å²) >= 11 is 0. The minimum atomic E-state index is -0.279. The summed E-state index contributed by atoms with van der Waals surface area (Å²) in [5.74, 6) is 0.287. The molecule has 0 saturated carbocycles. The van der Waals surface area contributed by atoms with Crippen molar-refractivity contribution in [3.05, 3.63) is 53.8 Å². The average Bonchev–Trinajstić information content (AvgIpc) is 2.39. The molecule has 0 heterocycles. The summed E-state index contributed by atoms with van der Waals surface area (Å²) in [6, 6.07) is 11.5. The normalized spacial score (nSPS) is 10.5. The lowest BCUT2D eigenvalue weighted by atomic mass is 10.0. The standard InChI is InChI=1S/C16H15FO2/c1-11(2)19-16-8-5-13(9-14(16)10-18)12-3-6-15(17)7-4-12/h3-11H,1-2H3. The fourth-order valence-corrected chi connectivity index (χ4v) is 1.82. The Morgan fingerprint density at radius 1 is 1.05 bits per heavy atom. The molecule has 0 fully saturated rings. The van der Waals surface area contributed by atoms with Crippen molar-refractivity contribution in [1.82, 2.24) is 0 Å². The molecule has 0 aliphatic carbocycles. The predicted molar refractivity (Wildman–Crippen MR) is 73.0 cm³/mol. The average molecular weight is 258 g/mol. The van der Waals surface area contributed by atoms with Crippen LogP contribution in [0.1, 0.15) is 24.2 Å². The highest BCUT2D eigenvalue weighted by Gasteiger charge is 2.07. The van der Waals surface area contributed by atoms with Gasteiger partial charge in [0.25, 0.3) is 0 Å². The van der Waals surface area contributed by atoms with E-state index in [0.717, 1.165) is 17.4 Å². The van der Waals surface area contributed by atoms with Crippen LogP contribution in [0.3, 0.4) is 0 Å². The first-order valence-corrected chi connectivity index (χ1v) is 6.12. The van der Waals surface area contributed by atoms with Gasteiger partial charge in [-0.25, -0.2) is 4.39 Å². The summed E-state index contributed by atoms with van der Waals surface area (Å²) < 4.78 is 18.4. The Morgan fingerprint density at radius 2 is 1.68 bits per heavy atom. The zero-order valence-electron chi connectivity index (χ0n) is 10.9. The zero-order chi connectivity index (χ0) is 13.8. The molecule has 3 heteroatoms. The molecule has 0 aromatic heterocycles. The predicted octanol–water partition coefficient (Wildman–Crippen LogP) is 4.09. The number of aldehydes is 1. The van der Waals surface area contributed by atoms with Gasteiger partial charge in [-0.1, -0.05) is 18.2 Å². The first-order chi connectivity index (χ1) is 9.10. The fourth-order valence-electron chi connectivity index (χ4n) is 1.82. The van der Waals surface area contributed by atoms with Gasteiger partial charge in [0, 0.05) is 0 Å². The van der Waals surface area contributed by atoms with Crippen molar-refractivity contribution in [2.45, 2.75) is 20.0 Å². The van der Waals surface area contributed by atoms with Gasteiger partial charge >= 0.3 is 0 Å². The summed E-state index contributed by atoms with van der Waals surface area (Å²) in [7, 11) is 0. The van der Waals surface area contributed by atoms with E-state index in [1.165, 1.54) is 12.1 Å². The molecular formula is C16H15FO2. The van der Waals surface area contributed by atoms with Crippen LogP contribution in [0.25, 0.3) is 11.1 Å². The molecule has 98 valence electrons. The summed E-state index contributed by atoms with van der Waals surface area (Å²) in [6.45, 7) is 3.81. The van der Waals surface area contributed by atoms with Gasteiger partial charge in [0.15, 0.2) is 6.29 Å². The third kappa shape index (κ3) is 3.19. The maximum absolute atomic E-state index is 12.9. The molecule has 0 aliphatic heterocycles. The van der Waals surface area contributed by atoms with Gasteiger partial charge in [0.05, 0.1) is 11.7 Å². The van der Waals surface area contributed by atoms with Crippen LogP contribution in [-0.4, -0.2) is 12.4 Å². The van der Waals surface area contributed by atoms with Crippen molar-refractivity contribution in [3.8, 4) is 16.9 Å². The lowest BCUT2D eigenvalue weighted by Crippen LogP contribution is -2.07. The number of rotatable bonds is 4. The van der Waals surface area contributed by atoms with Crippen LogP contribution in [-0.2, 0) is 0 Å². The Kier molecular flexibility index (Phi) is 3.95. The highest BCUT2D eigenvalue weighted by Crippen LogP contribution is 2.26. The lowest BCUT2D eigenvalue weighted by Gasteiger charge is -2.12. The Bertz CT molecular complexity index is 574. The van der Waals surface area contributed by atoms with Crippen LogP contribution < -0.4 is 4.74 Å². The first kappa shape index (κ1) is 13.3. The van der Waals surface area contributed by atoms with Crippen LogP contribution in [0, 0.1) is 5.82 Å². The second kappa shape index (κ2) is 5.65. The van der Waals surface area contributed by atoms with E-state index in [-0.39, 0.29) is 11.9 Å². The van der Waals surface area contributed by atoms with E-state index in [4.69, 9.17) is 4.74 Å². The Morgan fingerprint density at radius 3 is 2.26 bits per heavy atom. The van der Waals surface area contributed by atoms with Crippen molar-refractivity contribution in [3.63, 3.8) is 0 Å². The van der Waals surface area contributed by atoms with E-state index in [1.54, 1.807) is 24.3 Å². The monoisotopic (exact) mass is 258 g/mol. The maximum Gasteiger partial charge on any atom is 0.153 e. The van der Waals surface area contributed by atoms with Crippen LogP contribution in [0.5, 0.6) is 5.75 Å². The smallest absolute Gasteiger partial charge is 0.153 e. The SMILES string of the molecule is CC(C)Oc1ccc(-c2ccc(F)cc2)cc1C=O. The number of halogens is 1. The fraction of sp³-hybridized carbons (Fsp3) is 0.188. The summed E-state index contributed by atoms with van der Waals surface area (Å²) in [4.78, 5) is 11.1. The second-order valence-corrected chi connectivity index (χ2v) is 4.54. The number of hydrogen-bond acceptors (Lipinski definition) is 2. The molecule has 0 radical (unpaired) electrons. The highest BCUT2D eigenvalue weighted by atomic mass is 19.1. The molecule has 0 saturated heterocycles. The minimum absolute atomic E-state index is 0.00960. The van der Waals surface area contributed by atoms with Crippen molar-refractivity contribution >= 4 is 6.29 Å². The number of ether oxygens (including phenoxy) is 1. The van der Waals surface area contributed by atoms with Gasteiger partial charge in [-0.3, -0.25) is 4.79 Å². The molecule has 2 nitrogen and oxygen atoms in total. The van der Waals surface area contributed by atoms with E-state index >= 15 is 0 Å². The molecule has 19 heavy (non-hydrogen) atoms. The maximum atomic E-state index is 12.9. The molecule has 0 aliphatic rings. The Hall–Kier alpha value is -2.16. The van der Waals surface area contributed by atoms with Crippen LogP contribution in [0.4, 0.5) is 4.39 Å². The largest absolute Gasteiger partial charge is 0.490 e. The number of carbonyl (C=O) groups is 1. The van der Waals surface area contributed by atoms with E-state index in [0.29, 0.717) is 11.3 Å². The molecule has 0 unspecified atom stereocenters. The third-order valence-electron chi connectivity index (χ3n) is 2.68. The van der Waals surface area contributed by atoms with Crippen molar-refractivity contribution in [2.75, 3.05) is 0 Å². The van der Waals surface area contributed by atoms with Crippen LogP contribution in [0.15, 0.2) is 42.5 Å². The molecular weight excluding hydrogens is 243 g/mol. The molecule has 0 bridgehead atoms. The van der Waals surface area contributed by atoms with Gasteiger partial charge in [0.1, 0.15) is 11.6 Å². The molecule has 0 spiro atoms. The number of benzene rings is 2. The van der Waals surface area contributed by atoms with Gasteiger partial charge in [-0.05, 0) is 49.2 Å². The molecule has 2 rings (SSSR count). The van der Waals surface area contributed by atoms with Gasteiger partial charge in [-0.2, -0.15) is 0 Å². The Labute approximate surface area is 111 Å². The topological polar surface area (TPSA) is 26.3 Å². The number of carbonyl (C=O) groups excluding carboxylic acids is 1. The van der Waals surface area contributed by atoms with Gasteiger partial charge in [0.2, 0.25) is 0 Å². The van der Waals surface area contributed by atoms with E-state index in [2.05, 4.69) is 0 Å². The van der Waals surface area contributed by atoms with Crippen molar-refractivity contribution in [2.24, 2.45) is 0 Å². The second-order valence-electron chi connectivity index (χ2n) is 4.54. The zero-order valence-corrected chi connectivity index (χ0v) is 10.9. The van der Waals surface area contributed by atoms with Gasteiger partial charge in [-0.15, -0.1) is 0 Å². The summed E-state index contributed by atoms with van der Waals surface area (Å²) in [6.07, 6.45) is 0.778. The minimum Gasteiger partial charge on any atom is -0.490 e. The van der Waals surface area contributed by atoms with Gasteiger partial charge < -0.3 is 4.74 Å². The molecule has 0 atom stereocenters. The number of hydrogen-bond donors (Lipinski definition) is 0. The van der Waals surface area contributed by atoms with E-state index < -0.39 is 0 Å². The van der Waals surface area contributed by atoms with Crippen LogP contribution >= 0.6 is 0 Å². The quantitative estimate of drug-likeness (QED) is 0.772. The van der Waals surface area contributed by atoms with E-state index in [1.807, 2.05) is 19.9 Å². The van der Waals surface area contributed by atoms with Crippen LogP contribution in [0.2, 0.25) is 0 Å². The molecule has 2 aromatic carbocycles.